The molecule has 0 unspecified atom stereocenters. The third-order valence-electron chi connectivity index (χ3n) is 5.73. The van der Waals surface area contributed by atoms with Crippen LogP contribution in [-0.2, 0) is 16.0 Å². The van der Waals surface area contributed by atoms with Gasteiger partial charge in [0.05, 0.1) is 22.9 Å². The normalized spacial score (nSPS) is 16.0. The molecule has 1 saturated heterocycles. The Kier molecular flexibility index (Phi) is 6.81. The van der Waals surface area contributed by atoms with Crippen molar-refractivity contribution in [2.75, 3.05) is 20.3 Å². The van der Waals surface area contributed by atoms with Crippen molar-refractivity contribution in [2.24, 2.45) is 0 Å². The van der Waals surface area contributed by atoms with Crippen molar-refractivity contribution in [2.45, 2.75) is 39.3 Å². The van der Waals surface area contributed by atoms with Gasteiger partial charge >= 0.3 is 5.97 Å². The fourth-order valence-electron chi connectivity index (χ4n) is 4.00. The molecule has 32 heavy (non-hydrogen) atoms. The predicted molar refractivity (Wildman–Crippen MR) is 126 cm³/mol. The van der Waals surface area contributed by atoms with Gasteiger partial charge in [-0.1, -0.05) is 23.2 Å². The van der Waals surface area contributed by atoms with Crippen LogP contribution in [0.15, 0.2) is 18.2 Å². The van der Waals surface area contributed by atoms with Crippen molar-refractivity contribution in [3.63, 3.8) is 0 Å². The number of ether oxygens (including phenoxy) is 3. The van der Waals surface area contributed by atoms with Crippen molar-refractivity contribution in [3.8, 4) is 5.75 Å². The van der Waals surface area contributed by atoms with Crippen molar-refractivity contribution in [1.82, 2.24) is 4.57 Å². The Labute approximate surface area is 200 Å². The fraction of sp³-hybridized carbons (Fsp3) is 0.391. The Morgan fingerprint density at radius 3 is 2.72 bits per heavy atom. The first kappa shape index (κ1) is 23.1. The zero-order chi connectivity index (χ0) is 23.0. The zero-order valence-electron chi connectivity index (χ0n) is 18.0. The van der Waals surface area contributed by atoms with Crippen LogP contribution in [0.3, 0.4) is 0 Å². The first-order valence-electron chi connectivity index (χ1n) is 10.2. The molecule has 0 aliphatic carbocycles. The van der Waals surface area contributed by atoms with E-state index in [1.54, 1.807) is 12.1 Å². The molecular formula is C23H23Cl2NO5S. The SMILES string of the molecule is COc1ccc2c(Cl)c(C(=O)OCC(=O)c3cc(C)n(C[C@@H]4CCCO4)c3C)sc2c1Cl. The van der Waals surface area contributed by atoms with Gasteiger partial charge in [0.1, 0.15) is 15.6 Å². The first-order chi connectivity index (χ1) is 15.3. The second-order valence-corrected chi connectivity index (χ2v) is 9.51. The summed E-state index contributed by atoms with van der Waals surface area (Å²) in [6.07, 6.45) is 2.24. The number of carbonyl (C=O) groups is 2. The van der Waals surface area contributed by atoms with Gasteiger partial charge in [-0.25, -0.2) is 4.79 Å². The molecule has 6 nitrogen and oxygen atoms in total. The molecule has 0 radical (unpaired) electrons. The molecule has 1 aromatic carbocycles. The number of esters is 1. The van der Waals surface area contributed by atoms with Crippen LogP contribution in [0.25, 0.3) is 10.1 Å². The van der Waals surface area contributed by atoms with Crippen LogP contribution < -0.4 is 4.74 Å². The van der Waals surface area contributed by atoms with E-state index >= 15 is 0 Å². The minimum absolute atomic E-state index is 0.168. The maximum atomic E-state index is 12.8. The Morgan fingerprint density at radius 1 is 1.25 bits per heavy atom. The van der Waals surface area contributed by atoms with Crippen molar-refractivity contribution < 1.29 is 23.8 Å². The highest BCUT2D eigenvalue weighted by molar-refractivity contribution is 7.22. The Bertz CT molecular complexity index is 1190. The first-order valence-corrected chi connectivity index (χ1v) is 11.8. The summed E-state index contributed by atoms with van der Waals surface area (Å²) in [6, 6.07) is 5.26. The van der Waals surface area contributed by atoms with Crippen LogP contribution in [0.4, 0.5) is 0 Å². The number of aryl methyl sites for hydroxylation is 1. The summed E-state index contributed by atoms with van der Waals surface area (Å²) in [7, 11) is 1.51. The zero-order valence-corrected chi connectivity index (χ0v) is 20.3. The molecule has 0 amide bonds. The van der Waals surface area contributed by atoms with Crippen LogP contribution in [-0.4, -0.2) is 42.7 Å². The molecule has 0 spiro atoms. The number of rotatable bonds is 7. The standard InChI is InChI=1S/C23H23Cl2NO5S/c1-12-9-16(13(2)26(12)10-14-5-4-8-30-14)17(27)11-31-23(28)22-19(24)15-6-7-18(29-3)20(25)21(15)32-22/h6-7,9,14H,4-5,8,10-11H2,1-3H3/t14-/m0/s1. The molecule has 2 aromatic heterocycles. The number of aromatic nitrogens is 1. The predicted octanol–water partition coefficient (Wildman–Crippen LogP) is 5.85. The molecule has 3 heterocycles. The number of benzene rings is 1. The van der Waals surface area contributed by atoms with Gasteiger partial charge in [0.2, 0.25) is 5.78 Å². The molecular weight excluding hydrogens is 473 g/mol. The summed E-state index contributed by atoms with van der Waals surface area (Å²) < 4.78 is 19.0. The van der Waals surface area contributed by atoms with Crippen molar-refractivity contribution in [1.29, 1.82) is 0 Å². The van der Waals surface area contributed by atoms with E-state index < -0.39 is 5.97 Å². The number of thiophene rings is 1. The lowest BCUT2D eigenvalue weighted by Crippen LogP contribution is -2.18. The molecule has 0 bridgehead atoms. The molecule has 1 aliphatic rings. The lowest BCUT2D eigenvalue weighted by molar-refractivity contribution is 0.0479. The van der Waals surface area contributed by atoms with Crippen LogP contribution in [0.2, 0.25) is 10.0 Å². The topological polar surface area (TPSA) is 66.8 Å². The molecule has 9 heteroatoms. The number of hydrogen-bond acceptors (Lipinski definition) is 6. The number of nitrogens with zero attached hydrogens (tertiary/aromatic N) is 1. The second-order valence-electron chi connectivity index (χ2n) is 7.73. The molecule has 0 saturated carbocycles. The maximum Gasteiger partial charge on any atom is 0.350 e. The molecule has 1 aliphatic heterocycles. The smallest absolute Gasteiger partial charge is 0.350 e. The highest BCUT2D eigenvalue weighted by Gasteiger charge is 2.24. The molecule has 3 aromatic rings. The van der Waals surface area contributed by atoms with Gasteiger partial charge in [0.25, 0.3) is 0 Å². The minimum Gasteiger partial charge on any atom is -0.495 e. The van der Waals surface area contributed by atoms with E-state index in [1.807, 2.05) is 19.9 Å². The average Bonchev–Trinajstić information content (AvgIpc) is 3.48. The summed E-state index contributed by atoms with van der Waals surface area (Å²) in [4.78, 5) is 25.7. The summed E-state index contributed by atoms with van der Waals surface area (Å²) in [6.45, 7) is 4.98. The van der Waals surface area contributed by atoms with Crippen molar-refractivity contribution >= 4 is 56.4 Å². The van der Waals surface area contributed by atoms with Crippen LogP contribution in [0.5, 0.6) is 5.75 Å². The number of Topliss-reactive ketones (excluding diaryl/α,β-unsaturated/α-hetero) is 1. The number of fused-ring (bicyclic) bond motifs is 1. The third kappa shape index (κ3) is 4.27. The van der Waals surface area contributed by atoms with E-state index in [1.165, 1.54) is 7.11 Å². The lowest BCUT2D eigenvalue weighted by Gasteiger charge is -2.14. The third-order valence-corrected chi connectivity index (χ3v) is 7.92. The second kappa shape index (κ2) is 9.43. The van der Waals surface area contributed by atoms with E-state index in [9.17, 15) is 9.59 Å². The van der Waals surface area contributed by atoms with Gasteiger partial charge in [0.15, 0.2) is 6.61 Å². The molecule has 1 atom stereocenters. The number of methoxy groups -OCH3 is 1. The van der Waals surface area contributed by atoms with E-state index in [4.69, 9.17) is 37.4 Å². The largest absolute Gasteiger partial charge is 0.495 e. The van der Waals surface area contributed by atoms with Crippen LogP contribution in [0.1, 0.15) is 44.3 Å². The number of hydrogen-bond donors (Lipinski definition) is 0. The summed E-state index contributed by atoms with van der Waals surface area (Å²) in [5.41, 5.74) is 2.37. The minimum atomic E-state index is -0.659. The highest BCUT2D eigenvalue weighted by atomic mass is 35.5. The Morgan fingerprint density at radius 2 is 2.03 bits per heavy atom. The molecule has 0 N–H and O–H groups in total. The Hall–Kier alpha value is -2.06. The van der Waals surface area contributed by atoms with E-state index in [0.717, 1.165) is 42.2 Å². The van der Waals surface area contributed by atoms with Gasteiger partial charge in [-0.15, -0.1) is 11.3 Å². The van der Waals surface area contributed by atoms with Gasteiger partial charge in [0, 0.05) is 35.5 Å². The maximum absolute atomic E-state index is 12.8. The van der Waals surface area contributed by atoms with E-state index in [-0.39, 0.29) is 28.4 Å². The summed E-state index contributed by atoms with van der Waals surface area (Å²) in [5, 5.41) is 1.27. The average molecular weight is 496 g/mol. The van der Waals surface area contributed by atoms with Crippen molar-refractivity contribution in [3.05, 3.63) is 50.1 Å². The number of ketones is 1. The van der Waals surface area contributed by atoms with Crippen LogP contribution in [0, 0.1) is 13.8 Å². The van der Waals surface area contributed by atoms with Gasteiger partial charge < -0.3 is 18.8 Å². The molecule has 1 fully saturated rings. The van der Waals surface area contributed by atoms with Gasteiger partial charge in [-0.2, -0.15) is 0 Å². The van der Waals surface area contributed by atoms with Gasteiger partial charge in [-0.05, 0) is 44.9 Å². The number of carbonyl (C=O) groups excluding carboxylic acids is 2. The summed E-state index contributed by atoms with van der Waals surface area (Å²) >= 11 is 13.9. The molecule has 170 valence electrons. The quantitative estimate of drug-likeness (QED) is 0.303. The Balaban J connectivity index is 1.48. The van der Waals surface area contributed by atoms with Crippen LogP contribution >= 0.6 is 34.5 Å². The van der Waals surface area contributed by atoms with E-state index in [2.05, 4.69) is 4.57 Å². The van der Waals surface area contributed by atoms with Gasteiger partial charge in [-0.3, -0.25) is 4.79 Å². The highest BCUT2D eigenvalue weighted by Crippen LogP contribution is 2.43. The lowest BCUT2D eigenvalue weighted by atomic mass is 10.1. The van der Waals surface area contributed by atoms with E-state index in [0.29, 0.717) is 33.0 Å². The number of halogens is 2. The summed E-state index contributed by atoms with van der Waals surface area (Å²) in [5.74, 6) is -0.430. The molecule has 4 rings (SSSR count). The fourth-order valence-corrected chi connectivity index (χ4v) is 5.78. The monoisotopic (exact) mass is 495 g/mol.